The molecular weight excluding hydrogens is 253 g/mol. The molecule has 0 fully saturated rings. The van der Waals surface area contributed by atoms with Crippen LogP contribution in [0.25, 0.3) is 5.69 Å². The highest BCUT2D eigenvalue weighted by Crippen LogP contribution is 2.26. The standard InChI is InChI=1S/C9H7F3N4O2/c10-9(11,12)18-7-1-2-8(6(3-7)4-17)16-5-13-14-15-16/h1-3,5,17H,4H2. The van der Waals surface area contributed by atoms with Gasteiger partial charge in [0.1, 0.15) is 12.1 Å². The predicted molar refractivity (Wildman–Crippen MR) is 51.8 cm³/mol. The molecular formula is C9H7F3N4O2. The van der Waals surface area contributed by atoms with E-state index in [9.17, 15) is 13.2 Å². The maximum Gasteiger partial charge on any atom is 0.573 e. The molecule has 0 bridgehead atoms. The van der Waals surface area contributed by atoms with Crippen LogP contribution in [0.5, 0.6) is 5.75 Å². The minimum atomic E-state index is -4.77. The number of nitrogens with zero attached hydrogens (tertiary/aromatic N) is 4. The van der Waals surface area contributed by atoms with Crippen molar-refractivity contribution in [3.63, 3.8) is 0 Å². The van der Waals surface area contributed by atoms with Gasteiger partial charge in [-0.15, -0.1) is 18.3 Å². The van der Waals surface area contributed by atoms with Crippen LogP contribution in [0, 0.1) is 0 Å². The number of benzene rings is 1. The number of aliphatic hydroxyl groups excluding tert-OH is 1. The smallest absolute Gasteiger partial charge is 0.406 e. The first kappa shape index (κ1) is 12.3. The Balaban J connectivity index is 2.35. The first-order chi connectivity index (χ1) is 8.49. The highest BCUT2D eigenvalue weighted by atomic mass is 19.4. The summed E-state index contributed by atoms with van der Waals surface area (Å²) < 4.78 is 41.1. The Morgan fingerprint density at radius 1 is 1.33 bits per heavy atom. The highest BCUT2D eigenvalue weighted by Gasteiger charge is 2.31. The third kappa shape index (κ3) is 2.74. The van der Waals surface area contributed by atoms with Crippen LogP contribution in [0.1, 0.15) is 5.56 Å². The number of aliphatic hydroxyl groups is 1. The van der Waals surface area contributed by atoms with Gasteiger partial charge in [0.05, 0.1) is 12.3 Å². The average molecular weight is 260 g/mol. The number of ether oxygens (including phenoxy) is 1. The lowest BCUT2D eigenvalue weighted by Crippen LogP contribution is -2.17. The average Bonchev–Trinajstić information content (AvgIpc) is 2.80. The molecule has 1 N–H and O–H groups in total. The maximum atomic E-state index is 12.0. The Morgan fingerprint density at radius 2 is 2.11 bits per heavy atom. The zero-order chi connectivity index (χ0) is 13.2. The molecule has 0 saturated heterocycles. The van der Waals surface area contributed by atoms with Crippen LogP contribution < -0.4 is 4.74 Å². The van der Waals surface area contributed by atoms with Gasteiger partial charge in [-0.1, -0.05) is 0 Å². The van der Waals surface area contributed by atoms with Crippen molar-refractivity contribution in [3.8, 4) is 11.4 Å². The molecule has 0 aliphatic carbocycles. The van der Waals surface area contributed by atoms with Crippen molar-refractivity contribution in [2.75, 3.05) is 0 Å². The van der Waals surface area contributed by atoms with E-state index in [1.165, 1.54) is 17.1 Å². The molecule has 0 aliphatic rings. The minimum absolute atomic E-state index is 0.212. The number of tetrazole rings is 1. The van der Waals surface area contributed by atoms with Crippen LogP contribution in [0.2, 0.25) is 0 Å². The van der Waals surface area contributed by atoms with Crippen molar-refractivity contribution in [1.82, 2.24) is 20.2 Å². The van der Waals surface area contributed by atoms with Crippen LogP contribution in [0.4, 0.5) is 13.2 Å². The molecule has 0 unspecified atom stereocenters. The predicted octanol–water partition coefficient (Wildman–Crippen LogP) is 1.05. The first-order valence-electron chi connectivity index (χ1n) is 4.72. The second-order valence-electron chi connectivity index (χ2n) is 3.25. The lowest BCUT2D eigenvalue weighted by molar-refractivity contribution is -0.274. The summed E-state index contributed by atoms with van der Waals surface area (Å²) in [6.07, 6.45) is -3.51. The molecule has 1 aromatic heterocycles. The van der Waals surface area contributed by atoms with Crippen molar-refractivity contribution >= 4 is 0 Å². The Kier molecular flexibility index (Phi) is 3.15. The summed E-state index contributed by atoms with van der Waals surface area (Å²) in [5.74, 6) is -0.414. The van der Waals surface area contributed by atoms with Crippen LogP contribution in [0.3, 0.4) is 0 Å². The lowest BCUT2D eigenvalue weighted by Gasteiger charge is -2.11. The van der Waals surface area contributed by atoms with Crippen molar-refractivity contribution in [2.24, 2.45) is 0 Å². The van der Waals surface area contributed by atoms with Gasteiger partial charge in [-0.2, -0.15) is 0 Å². The van der Waals surface area contributed by atoms with E-state index in [1.807, 2.05) is 0 Å². The van der Waals surface area contributed by atoms with Crippen molar-refractivity contribution in [2.45, 2.75) is 13.0 Å². The van der Waals surface area contributed by atoms with Crippen LogP contribution >= 0.6 is 0 Å². The zero-order valence-electron chi connectivity index (χ0n) is 8.79. The fourth-order valence-electron chi connectivity index (χ4n) is 1.38. The van der Waals surface area contributed by atoms with E-state index in [2.05, 4.69) is 20.3 Å². The number of rotatable bonds is 3. The highest BCUT2D eigenvalue weighted by molar-refractivity contribution is 5.44. The Bertz CT molecular complexity index is 527. The molecule has 2 aromatic rings. The summed E-state index contributed by atoms with van der Waals surface area (Å²) in [5, 5.41) is 19.5. The summed E-state index contributed by atoms with van der Waals surface area (Å²) in [4.78, 5) is 0. The molecule has 0 amide bonds. The van der Waals surface area contributed by atoms with Crippen LogP contribution in [0.15, 0.2) is 24.5 Å². The molecule has 6 nitrogen and oxygen atoms in total. The quantitative estimate of drug-likeness (QED) is 0.893. The first-order valence-corrected chi connectivity index (χ1v) is 4.72. The molecule has 0 spiro atoms. The molecule has 2 rings (SSSR count). The number of alkyl halides is 3. The van der Waals surface area contributed by atoms with Crippen LogP contribution in [-0.4, -0.2) is 31.7 Å². The van der Waals surface area contributed by atoms with Crippen molar-refractivity contribution in [3.05, 3.63) is 30.1 Å². The van der Waals surface area contributed by atoms with Gasteiger partial charge in [-0.3, -0.25) is 0 Å². The van der Waals surface area contributed by atoms with Gasteiger partial charge in [0.2, 0.25) is 0 Å². The zero-order valence-corrected chi connectivity index (χ0v) is 8.79. The van der Waals surface area contributed by atoms with E-state index in [4.69, 9.17) is 5.11 Å². The second-order valence-corrected chi connectivity index (χ2v) is 3.25. The van der Waals surface area contributed by atoms with Gasteiger partial charge < -0.3 is 9.84 Å². The Morgan fingerprint density at radius 3 is 2.67 bits per heavy atom. The Labute approximate surface area is 98.6 Å². The lowest BCUT2D eigenvalue weighted by atomic mass is 10.2. The number of hydrogen-bond donors (Lipinski definition) is 1. The van der Waals surface area contributed by atoms with Crippen molar-refractivity contribution in [1.29, 1.82) is 0 Å². The van der Waals surface area contributed by atoms with E-state index < -0.39 is 18.7 Å². The summed E-state index contributed by atoms with van der Waals surface area (Å²) in [7, 11) is 0. The second kappa shape index (κ2) is 4.61. The van der Waals surface area contributed by atoms with E-state index in [1.54, 1.807) is 0 Å². The molecule has 0 atom stereocenters. The van der Waals surface area contributed by atoms with E-state index in [0.29, 0.717) is 5.69 Å². The Hall–Kier alpha value is -2.16. The topological polar surface area (TPSA) is 73.1 Å². The summed E-state index contributed by atoms with van der Waals surface area (Å²) in [6, 6.07) is 3.51. The summed E-state index contributed by atoms with van der Waals surface area (Å²) >= 11 is 0. The van der Waals surface area contributed by atoms with Gasteiger partial charge in [0.15, 0.2) is 0 Å². The van der Waals surface area contributed by atoms with Gasteiger partial charge in [-0.25, -0.2) is 4.68 Å². The SMILES string of the molecule is OCc1cc(OC(F)(F)F)ccc1-n1cnnn1. The summed E-state index contributed by atoms with van der Waals surface area (Å²) in [5.41, 5.74) is 0.584. The molecule has 0 radical (unpaired) electrons. The van der Waals surface area contributed by atoms with Gasteiger partial charge in [0.25, 0.3) is 0 Å². The largest absolute Gasteiger partial charge is 0.573 e. The monoisotopic (exact) mass is 260 g/mol. The fourth-order valence-corrected chi connectivity index (χ4v) is 1.38. The molecule has 1 aromatic carbocycles. The molecule has 1 heterocycles. The molecule has 18 heavy (non-hydrogen) atoms. The van der Waals surface area contributed by atoms with Gasteiger partial charge >= 0.3 is 6.36 Å². The molecule has 96 valence electrons. The number of halogens is 3. The fraction of sp³-hybridized carbons (Fsp3) is 0.222. The number of hydrogen-bond acceptors (Lipinski definition) is 5. The van der Waals surface area contributed by atoms with Gasteiger partial charge in [-0.05, 0) is 28.6 Å². The third-order valence-electron chi connectivity index (χ3n) is 2.05. The van der Waals surface area contributed by atoms with E-state index >= 15 is 0 Å². The summed E-state index contributed by atoms with van der Waals surface area (Å²) in [6.45, 7) is -0.468. The molecule has 0 saturated carbocycles. The van der Waals surface area contributed by atoms with Gasteiger partial charge in [0, 0.05) is 5.56 Å². The van der Waals surface area contributed by atoms with E-state index in [0.717, 1.165) is 12.1 Å². The molecule has 0 aliphatic heterocycles. The van der Waals surface area contributed by atoms with Crippen molar-refractivity contribution < 1.29 is 23.0 Å². The third-order valence-corrected chi connectivity index (χ3v) is 2.05. The normalized spacial score (nSPS) is 11.6. The van der Waals surface area contributed by atoms with Crippen LogP contribution in [-0.2, 0) is 6.61 Å². The minimum Gasteiger partial charge on any atom is -0.406 e. The van der Waals surface area contributed by atoms with E-state index in [-0.39, 0.29) is 5.56 Å². The number of aromatic nitrogens is 4. The maximum absolute atomic E-state index is 12.0. The molecule has 9 heteroatoms.